The quantitative estimate of drug-likeness (QED) is 0.588. The Balaban J connectivity index is 1.88. The number of pyridine rings is 1. The fourth-order valence-electron chi connectivity index (χ4n) is 3.06. The Morgan fingerprint density at radius 2 is 1.66 bits per heavy atom. The predicted molar refractivity (Wildman–Crippen MR) is 117 cm³/mol. The van der Waals surface area contributed by atoms with E-state index in [1.54, 1.807) is 17.2 Å². The molecular formula is C24H27N3O2. The summed E-state index contributed by atoms with van der Waals surface area (Å²) >= 11 is 0. The van der Waals surface area contributed by atoms with Gasteiger partial charge in [0.15, 0.2) is 0 Å². The van der Waals surface area contributed by atoms with Crippen LogP contribution in [-0.4, -0.2) is 43.0 Å². The molecule has 29 heavy (non-hydrogen) atoms. The first-order valence-electron chi connectivity index (χ1n) is 9.67. The minimum absolute atomic E-state index is 0.0995. The maximum Gasteiger partial charge on any atom is 0.259 e. The van der Waals surface area contributed by atoms with Gasteiger partial charge in [0.25, 0.3) is 5.91 Å². The van der Waals surface area contributed by atoms with Gasteiger partial charge in [0.05, 0.1) is 0 Å². The van der Waals surface area contributed by atoms with Crippen LogP contribution in [0.1, 0.15) is 21.5 Å². The van der Waals surface area contributed by atoms with Crippen LogP contribution in [0.4, 0.5) is 5.82 Å². The van der Waals surface area contributed by atoms with Gasteiger partial charge in [-0.3, -0.25) is 9.69 Å². The third-order valence-electron chi connectivity index (χ3n) is 4.65. The summed E-state index contributed by atoms with van der Waals surface area (Å²) < 4.78 is 6.12. The number of para-hydroxylation sites is 1. The Morgan fingerprint density at radius 1 is 0.931 bits per heavy atom. The maximum atomic E-state index is 13.3. The van der Waals surface area contributed by atoms with Crippen molar-refractivity contribution in [1.82, 2.24) is 9.88 Å². The number of ether oxygens (including phenoxy) is 1. The van der Waals surface area contributed by atoms with Gasteiger partial charge in [-0.2, -0.15) is 0 Å². The molecule has 3 rings (SSSR count). The molecule has 0 saturated heterocycles. The first kappa shape index (κ1) is 20.6. The van der Waals surface area contributed by atoms with Crippen LogP contribution < -0.4 is 9.64 Å². The van der Waals surface area contributed by atoms with Crippen LogP contribution in [0.5, 0.6) is 11.5 Å². The minimum atomic E-state index is -0.0995. The van der Waals surface area contributed by atoms with Gasteiger partial charge in [-0.05, 0) is 69.4 Å². The van der Waals surface area contributed by atoms with Crippen molar-refractivity contribution in [1.29, 1.82) is 0 Å². The number of carbonyl (C=O) groups excluding carboxylic acids is 1. The van der Waals surface area contributed by atoms with E-state index in [9.17, 15) is 4.79 Å². The molecule has 1 heterocycles. The summed E-state index contributed by atoms with van der Waals surface area (Å²) in [6.07, 6.45) is 1.70. The van der Waals surface area contributed by atoms with E-state index in [2.05, 4.69) is 4.98 Å². The number of amides is 1. The Hall–Kier alpha value is -3.18. The predicted octanol–water partition coefficient (Wildman–Crippen LogP) is 4.70. The van der Waals surface area contributed by atoms with Gasteiger partial charge in [-0.15, -0.1) is 0 Å². The molecule has 5 nitrogen and oxygen atoms in total. The number of likely N-dealkylation sites (N-methyl/N-ethyl adjacent to an activating group) is 1. The molecule has 3 aromatic rings. The molecule has 0 aliphatic heterocycles. The Bertz CT molecular complexity index is 951. The molecule has 5 heteroatoms. The number of hydrogen-bond donors (Lipinski definition) is 0. The van der Waals surface area contributed by atoms with Crippen LogP contribution in [0.3, 0.4) is 0 Å². The summed E-state index contributed by atoms with van der Waals surface area (Å²) in [5, 5.41) is 0. The summed E-state index contributed by atoms with van der Waals surface area (Å²) in [4.78, 5) is 21.4. The van der Waals surface area contributed by atoms with Crippen LogP contribution in [0.15, 0.2) is 66.9 Å². The number of hydrogen-bond acceptors (Lipinski definition) is 4. The number of carbonyl (C=O) groups is 1. The fraction of sp³-hybridized carbons (Fsp3) is 0.250. The number of benzene rings is 2. The molecule has 0 unspecified atom stereocenters. The number of nitrogens with zero attached hydrogens (tertiary/aromatic N) is 3. The molecule has 0 aliphatic carbocycles. The molecule has 0 N–H and O–H groups in total. The molecule has 1 amide bonds. The molecule has 2 aromatic carbocycles. The van der Waals surface area contributed by atoms with Gasteiger partial charge in [0.1, 0.15) is 17.3 Å². The maximum absolute atomic E-state index is 13.3. The highest BCUT2D eigenvalue weighted by molar-refractivity contribution is 6.05. The third-order valence-corrected chi connectivity index (χ3v) is 4.65. The molecule has 0 radical (unpaired) electrons. The molecule has 150 valence electrons. The van der Waals surface area contributed by atoms with E-state index in [1.807, 2.05) is 87.4 Å². The van der Waals surface area contributed by atoms with Gasteiger partial charge in [-0.1, -0.05) is 30.3 Å². The van der Waals surface area contributed by atoms with E-state index in [0.29, 0.717) is 23.7 Å². The van der Waals surface area contributed by atoms with Gasteiger partial charge < -0.3 is 9.64 Å². The standard InChI is InChI=1S/C24H27N3O2/c1-18-9-7-10-19(2)23(18)29-21-12-8-11-20(17-21)24(28)27(16-15-26(3)4)22-13-5-6-14-25-22/h5-14,17H,15-16H2,1-4H3. The van der Waals surface area contributed by atoms with Gasteiger partial charge >= 0.3 is 0 Å². The van der Waals surface area contributed by atoms with E-state index >= 15 is 0 Å². The highest BCUT2D eigenvalue weighted by Crippen LogP contribution is 2.29. The lowest BCUT2D eigenvalue weighted by molar-refractivity contribution is 0.0984. The second-order valence-electron chi connectivity index (χ2n) is 7.30. The van der Waals surface area contributed by atoms with Gasteiger partial charge in [-0.25, -0.2) is 4.98 Å². The zero-order chi connectivity index (χ0) is 20.8. The number of aryl methyl sites for hydroxylation is 2. The summed E-state index contributed by atoms with van der Waals surface area (Å²) in [5.74, 6) is 2.01. The SMILES string of the molecule is Cc1cccc(C)c1Oc1cccc(C(=O)N(CCN(C)C)c2ccccn2)c1. The Morgan fingerprint density at radius 3 is 2.31 bits per heavy atom. The molecule has 0 aliphatic rings. The average molecular weight is 389 g/mol. The van der Waals surface area contributed by atoms with E-state index in [0.717, 1.165) is 23.4 Å². The van der Waals surface area contributed by atoms with Gasteiger partial charge in [0, 0.05) is 24.8 Å². The molecule has 0 saturated carbocycles. The van der Waals surface area contributed by atoms with Crippen molar-refractivity contribution in [2.45, 2.75) is 13.8 Å². The second kappa shape index (κ2) is 9.34. The van der Waals surface area contributed by atoms with Crippen LogP contribution in [0, 0.1) is 13.8 Å². The molecule has 1 aromatic heterocycles. The summed E-state index contributed by atoms with van der Waals surface area (Å²) in [6.45, 7) is 5.31. The Kier molecular flexibility index (Phi) is 6.62. The largest absolute Gasteiger partial charge is 0.457 e. The second-order valence-corrected chi connectivity index (χ2v) is 7.30. The summed E-state index contributed by atoms with van der Waals surface area (Å²) in [6, 6.07) is 18.9. The zero-order valence-electron chi connectivity index (χ0n) is 17.4. The van der Waals surface area contributed by atoms with E-state index in [4.69, 9.17) is 4.74 Å². The van der Waals surface area contributed by atoms with E-state index < -0.39 is 0 Å². The van der Waals surface area contributed by atoms with Crippen molar-refractivity contribution >= 4 is 11.7 Å². The fourth-order valence-corrected chi connectivity index (χ4v) is 3.06. The van der Waals surface area contributed by atoms with E-state index in [-0.39, 0.29) is 5.91 Å². The lowest BCUT2D eigenvalue weighted by Crippen LogP contribution is -2.37. The third kappa shape index (κ3) is 5.21. The number of aromatic nitrogens is 1. The topological polar surface area (TPSA) is 45.7 Å². The van der Waals surface area contributed by atoms with Crippen molar-refractivity contribution < 1.29 is 9.53 Å². The molecule has 0 bridgehead atoms. The number of rotatable bonds is 7. The minimum Gasteiger partial charge on any atom is -0.457 e. The smallest absolute Gasteiger partial charge is 0.259 e. The van der Waals surface area contributed by atoms with Crippen molar-refractivity contribution in [3.05, 3.63) is 83.6 Å². The van der Waals surface area contributed by atoms with Crippen LogP contribution in [0.25, 0.3) is 0 Å². The Labute approximate surface area is 172 Å². The summed E-state index contributed by atoms with van der Waals surface area (Å²) in [7, 11) is 3.97. The molecule has 0 atom stereocenters. The monoisotopic (exact) mass is 389 g/mol. The molecular weight excluding hydrogens is 362 g/mol. The van der Waals surface area contributed by atoms with Crippen molar-refractivity contribution in [2.24, 2.45) is 0 Å². The zero-order valence-corrected chi connectivity index (χ0v) is 17.4. The van der Waals surface area contributed by atoms with Crippen molar-refractivity contribution in [2.75, 3.05) is 32.1 Å². The average Bonchev–Trinajstić information content (AvgIpc) is 2.72. The lowest BCUT2D eigenvalue weighted by atomic mass is 10.1. The highest BCUT2D eigenvalue weighted by Gasteiger charge is 2.19. The van der Waals surface area contributed by atoms with Gasteiger partial charge in [0.2, 0.25) is 0 Å². The van der Waals surface area contributed by atoms with Crippen LogP contribution >= 0.6 is 0 Å². The van der Waals surface area contributed by atoms with Crippen molar-refractivity contribution in [3.63, 3.8) is 0 Å². The normalized spacial score (nSPS) is 10.8. The van der Waals surface area contributed by atoms with Crippen LogP contribution in [0.2, 0.25) is 0 Å². The lowest BCUT2D eigenvalue weighted by Gasteiger charge is -2.24. The highest BCUT2D eigenvalue weighted by atomic mass is 16.5. The number of anilines is 1. The van der Waals surface area contributed by atoms with Crippen LogP contribution in [-0.2, 0) is 0 Å². The summed E-state index contributed by atoms with van der Waals surface area (Å²) in [5.41, 5.74) is 2.68. The van der Waals surface area contributed by atoms with Crippen molar-refractivity contribution in [3.8, 4) is 11.5 Å². The first-order chi connectivity index (χ1) is 14.0. The first-order valence-corrected chi connectivity index (χ1v) is 9.67. The van der Waals surface area contributed by atoms with E-state index in [1.165, 1.54) is 0 Å². The molecule has 0 fully saturated rings. The molecule has 0 spiro atoms.